The molecule has 272 valence electrons. The van der Waals surface area contributed by atoms with E-state index in [-0.39, 0.29) is 6.10 Å². The standard InChI is InChI=1S/C44H46N4O5/c1-27-19-34(25-48-17-6-5-13-40(48)44(50)51)41(52-4)22-32(27)15-14-31-9-7-10-36(28(31)2)37-11-8-12-38(29(37)3)43-46-39-21-30(20-33(23-45)42(39)53-43)24-47-18-16-35(49)26-47/h7-12,14-15,19-22,35,40,49H,5-6,13,16-18,24-26H2,1-4H3,(H,50,51)/b15-14+/t35-,40+/m1/s1. The summed E-state index contributed by atoms with van der Waals surface area (Å²) < 4.78 is 12.1. The van der Waals surface area contributed by atoms with Crippen molar-refractivity contribution in [1.82, 2.24) is 14.8 Å². The second kappa shape index (κ2) is 15.4. The molecule has 0 saturated carbocycles. The lowest BCUT2D eigenvalue weighted by atomic mass is 9.91. The Labute approximate surface area is 310 Å². The van der Waals surface area contributed by atoms with Gasteiger partial charge in [0.15, 0.2) is 5.58 Å². The Kier molecular flexibility index (Phi) is 10.5. The maximum absolute atomic E-state index is 11.9. The van der Waals surface area contributed by atoms with E-state index in [4.69, 9.17) is 14.1 Å². The number of carboxylic acids is 1. The number of methoxy groups -OCH3 is 1. The second-order valence-electron chi connectivity index (χ2n) is 14.5. The first-order valence-corrected chi connectivity index (χ1v) is 18.4. The van der Waals surface area contributed by atoms with Gasteiger partial charge in [-0.2, -0.15) is 5.26 Å². The lowest BCUT2D eigenvalue weighted by Gasteiger charge is -2.33. The molecule has 2 saturated heterocycles. The van der Waals surface area contributed by atoms with Gasteiger partial charge in [-0.05, 0) is 115 Å². The number of rotatable bonds is 10. The van der Waals surface area contributed by atoms with Gasteiger partial charge in [0, 0.05) is 37.3 Å². The van der Waals surface area contributed by atoms with E-state index in [0.717, 1.165) is 93.7 Å². The SMILES string of the molecule is COc1cc(/C=C/c2cccc(-c3cccc(-c4nc5cc(CN6CC[C@@H](O)C6)cc(C#N)c5o4)c3C)c2C)c(C)cc1CN1CCCC[C@H]1C(=O)O. The Morgan fingerprint density at radius 2 is 1.72 bits per heavy atom. The van der Waals surface area contributed by atoms with Crippen LogP contribution in [0.15, 0.2) is 65.1 Å². The van der Waals surface area contributed by atoms with Crippen LogP contribution in [0, 0.1) is 32.1 Å². The molecule has 2 N–H and O–H groups in total. The van der Waals surface area contributed by atoms with Crippen LogP contribution in [0.2, 0.25) is 0 Å². The van der Waals surface area contributed by atoms with Crippen molar-refractivity contribution < 1.29 is 24.2 Å². The molecule has 0 spiro atoms. The van der Waals surface area contributed by atoms with Crippen LogP contribution in [0.25, 0.3) is 45.8 Å². The van der Waals surface area contributed by atoms with Crippen molar-refractivity contribution in [3.63, 3.8) is 0 Å². The molecule has 0 amide bonds. The highest BCUT2D eigenvalue weighted by atomic mass is 16.5. The Bertz CT molecular complexity index is 2250. The number of likely N-dealkylation sites (tertiary alicyclic amines) is 2. The van der Waals surface area contributed by atoms with Crippen molar-refractivity contribution in [3.8, 4) is 34.4 Å². The number of oxazole rings is 1. The highest BCUT2D eigenvalue weighted by Gasteiger charge is 2.29. The fourth-order valence-corrected chi connectivity index (χ4v) is 7.99. The van der Waals surface area contributed by atoms with E-state index < -0.39 is 12.0 Å². The average Bonchev–Trinajstić information content (AvgIpc) is 3.77. The molecule has 5 aromatic rings. The number of hydrogen-bond acceptors (Lipinski definition) is 8. The molecule has 2 atom stereocenters. The maximum Gasteiger partial charge on any atom is 0.320 e. The van der Waals surface area contributed by atoms with E-state index >= 15 is 0 Å². The topological polar surface area (TPSA) is 123 Å². The number of nitriles is 1. The maximum atomic E-state index is 11.9. The number of aliphatic hydroxyl groups excluding tert-OH is 1. The molecule has 0 radical (unpaired) electrons. The summed E-state index contributed by atoms with van der Waals surface area (Å²) >= 11 is 0. The predicted octanol–water partition coefficient (Wildman–Crippen LogP) is 8.14. The minimum Gasteiger partial charge on any atom is -0.496 e. The third kappa shape index (κ3) is 7.49. The first-order valence-electron chi connectivity index (χ1n) is 18.4. The molecule has 0 aliphatic carbocycles. The number of aliphatic hydroxyl groups is 1. The normalized spacial score (nSPS) is 18.2. The van der Waals surface area contributed by atoms with E-state index in [1.807, 2.05) is 30.3 Å². The third-order valence-corrected chi connectivity index (χ3v) is 10.9. The van der Waals surface area contributed by atoms with Crippen molar-refractivity contribution in [3.05, 3.63) is 105 Å². The van der Waals surface area contributed by atoms with Crippen LogP contribution in [0.3, 0.4) is 0 Å². The molecule has 0 unspecified atom stereocenters. The van der Waals surface area contributed by atoms with Crippen LogP contribution < -0.4 is 4.74 Å². The zero-order valence-electron chi connectivity index (χ0n) is 30.9. The minimum atomic E-state index is -0.759. The van der Waals surface area contributed by atoms with Crippen molar-refractivity contribution in [2.75, 3.05) is 26.7 Å². The number of carbonyl (C=O) groups is 1. The number of aromatic nitrogens is 1. The van der Waals surface area contributed by atoms with Crippen molar-refractivity contribution >= 4 is 29.2 Å². The number of carboxylic acid groups (broad SMARTS) is 1. The molecule has 53 heavy (non-hydrogen) atoms. The van der Waals surface area contributed by atoms with Crippen LogP contribution in [0.5, 0.6) is 5.75 Å². The summed E-state index contributed by atoms with van der Waals surface area (Å²) in [6.45, 7) is 9.70. The van der Waals surface area contributed by atoms with Gasteiger partial charge in [-0.3, -0.25) is 14.6 Å². The summed E-state index contributed by atoms with van der Waals surface area (Å²) in [6.07, 6.45) is 7.32. The number of benzene rings is 4. The predicted molar refractivity (Wildman–Crippen MR) is 207 cm³/mol. The number of aliphatic carboxylic acids is 1. The molecule has 2 aliphatic rings. The molecule has 1 aromatic heterocycles. The number of ether oxygens (including phenoxy) is 1. The summed E-state index contributed by atoms with van der Waals surface area (Å²) in [6, 6.07) is 22.3. The number of β-amino-alcohol motifs (C(OH)–C–C–N with tert-alkyl or cyclic N) is 1. The molecule has 2 fully saturated rings. The lowest BCUT2D eigenvalue weighted by molar-refractivity contribution is -0.144. The van der Waals surface area contributed by atoms with Crippen molar-refractivity contribution in [2.45, 2.75) is 71.7 Å². The van der Waals surface area contributed by atoms with Gasteiger partial charge in [-0.15, -0.1) is 0 Å². The molecular weight excluding hydrogens is 665 g/mol. The van der Waals surface area contributed by atoms with E-state index in [1.54, 1.807) is 7.11 Å². The second-order valence-corrected chi connectivity index (χ2v) is 14.5. The zero-order valence-corrected chi connectivity index (χ0v) is 30.9. The molecule has 9 heteroatoms. The first kappa shape index (κ1) is 36.1. The highest BCUT2D eigenvalue weighted by molar-refractivity contribution is 5.85. The van der Waals surface area contributed by atoms with E-state index in [1.165, 1.54) is 0 Å². The van der Waals surface area contributed by atoms with E-state index in [2.05, 4.69) is 79.1 Å². The Morgan fingerprint density at radius 3 is 2.45 bits per heavy atom. The van der Waals surface area contributed by atoms with Crippen LogP contribution in [0.1, 0.15) is 70.2 Å². The average molecular weight is 711 g/mol. The van der Waals surface area contributed by atoms with Crippen molar-refractivity contribution in [2.24, 2.45) is 0 Å². The van der Waals surface area contributed by atoms with Crippen LogP contribution in [-0.4, -0.2) is 69.9 Å². The minimum absolute atomic E-state index is 0.304. The van der Waals surface area contributed by atoms with E-state index in [9.17, 15) is 20.3 Å². The summed E-state index contributed by atoms with van der Waals surface area (Å²) in [5.74, 6) is 0.474. The molecule has 3 heterocycles. The Morgan fingerprint density at radius 1 is 0.962 bits per heavy atom. The number of nitrogens with zero attached hydrogens (tertiary/aromatic N) is 4. The van der Waals surface area contributed by atoms with Gasteiger partial charge in [0.2, 0.25) is 5.89 Å². The molecule has 2 aliphatic heterocycles. The van der Waals surface area contributed by atoms with Gasteiger partial charge in [0.05, 0.1) is 18.8 Å². The van der Waals surface area contributed by atoms with Crippen LogP contribution >= 0.6 is 0 Å². The molecular formula is C44H46N4O5. The van der Waals surface area contributed by atoms with Gasteiger partial charge in [-0.25, -0.2) is 4.98 Å². The lowest BCUT2D eigenvalue weighted by Crippen LogP contribution is -2.44. The van der Waals surface area contributed by atoms with Gasteiger partial charge in [0.1, 0.15) is 23.4 Å². The molecule has 7 rings (SSSR count). The largest absolute Gasteiger partial charge is 0.496 e. The summed E-state index contributed by atoms with van der Waals surface area (Å²) in [4.78, 5) is 21.0. The monoisotopic (exact) mass is 710 g/mol. The van der Waals surface area contributed by atoms with Gasteiger partial charge >= 0.3 is 5.97 Å². The van der Waals surface area contributed by atoms with Crippen LogP contribution in [0.4, 0.5) is 0 Å². The molecule has 0 bridgehead atoms. The fraction of sp³-hybridized carbons (Fsp3) is 0.341. The third-order valence-electron chi connectivity index (χ3n) is 10.9. The first-order chi connectivity index (χ1) is 25.6. The molecule has 9 nitrogen and oxygen atoms in total. The number of aryl methyl sites for hydroxylation is 1. The quantitative estimate of drug-likeness (QED) is 0.138. The Balaban J connectivity index is 1.15. The van der Waals surface area contributed by atoms with Gasteiger partial charge in [0.25, 0.3) is 0 Å². The Hall–Kier alpha value is -5.27. The van der Waals surface area contributed by atoms with Crippen LogP contribution in [-0.2, 0) is 17.9 Å². The highest BCUT2D eigenvalue weighted by Crippen LogP contribution is 2.37. The fourth-order valence-electron chi connectivity index (χ4n) is 7.99. The summed E-state index contributed by atoms with van der Waals surface area (Å²) in [5, 5.41) is 29.7. The summed E-state index contributed by atoms with van der Waals surface area (Å²) in [5.41, 5.74) is 12.0. The number of fused-ring (bicyclic) bond motifs is 1. The molecule has 4 aromatic carbocycles. The van der Waals surface area contributed by atoms with E-state index in [0.29, 0.717) is 48.6 Å². The number of piperidine rings is 1. The van der Waals surface area contributed by atoms with Crippen molar-refractivity contribution in [1.29, 1.82) is 5.26 Å². The smallest absolute Gasteiger partial charge is 0.320 e. The van der Waals surface area contributed by atoms with Gasteiger partial charge < -0.3 is 19.4 Å². The van der Waals surface area contributed by atoms with Gasteiger partial charge in [-0.1, -0.05) is 55.0 Å². The zero-order chi connectivity index (χ0) is 37.2. The summed E-state index contributed by atoms with van der Waals surface area (Å²) in [7, 11) is 1.67. The number of hydrogen-bond donors (Lipinski definition) is 2.